The fourth-order valence-corrected chi connectivity index (χ4v) is 9.53. The largest absolute Gasteiger partial charge is 0.309 e. The van der Waals surface area contributed by atoms with Crippen molar-refractivity contribution in [3.63, 3.8) is 0 Å². The van der Waals surface area contributed by atoms with Gasteiger partial charge in [0.1, 0.15) is 0 Å². The molecule has 0 spiro atoms. The average molecular weight is 791 g/mol. The van der Waals surface area contributed by atoms with E-state index in [9.17, 15) is 0 Å². The molecule has 0 aliphatic rings. The van der Waals surface area contributed by atoms with Crippen molar-refractivity contribution in [1.82, 2.24) is 9.13 Å². The molecule has 0 fully saturated rings. The summed E-state index contributed by atoms with van der Waals surface area (Å²) in [7, 11) is 0. The molecule has 0 saturated carbocycles. The molecule has 2 nitrogen and oxygen atoms in total. The highest BCUT2D eigenvalue weighted by Gasteiger charge is 2.16. The lowest BCUT2D eigenvalue weighted by Crippen LogP contribution is -1.94. The number of nitrogens with zero attached hydrogens (tertiary/aromatic N) is 2. The fraction of sp³-hybridized carbons (Fsp3) is 0.0333. The molecule has 0 radical (unpaired) electrons. The molecule has 0 atom stereocenters. The molecule has 0 bridgehead atoms. The van der Waals surface area contributed by atoms with Crippen LogP contribution in [0.4, 0.5) is 0 Å². The van der Waals surface area contributed by atoms with Crippen LogP contribution < -0.4 is 0 Å². The molecule has 0 unspecified atom stereocenters. The smallest absolute Gasteiger partial charge is 0.0541 e. The van der Waals surface area contributed by atoms with E-state index in [0.717, 1.165) is 0 Å². The number of rotatable bonds is 6. The van der Waals surface area contributed by atoms with E-state index in [2.05, 4.69) is 241 Å². The second kappa shape index (κ2) is 14.4. The lowest BCUT2D eigenvalue weighted by atomic mass is 10.0. The van der Waals surface area contributed by atoms with E-state index in [1.54, 1.807) is 0 Å². The number of para-hydroxylation sites is 2. The summed E-state index contributed by atoms with van der Waals surface area (Å²) in [5.41, 5.74) is 17.1. The van der Waals surface area contributed by atoms with Crippen molar-refractivity contribution < 1.29 is 0 Å². The molecule has 292 valence electrons. The van der Waals surface area contributed by atoms with Crippen molar-refractivity contribution >= 4 is 77.3 Å². The van der Waals surface area contributed by atoms with Gasteiger partial charge < -0.3 is 9.13 Å². The Morgan fingerprint density at radius 3 is 1.11 bits per heavy atom. The molecule has 2 heteroatoms. The SMILES string of the molecule is Cc1ccc(-c2ccc3c(c2)c2ccccc2n3-c2ccc3cc(C=Cc4ccc5cc(-n6c7ccccc7c7cc(-c8ccc(C)cc8)ccc76)ccc5c4)ccc3c2)cc1. The average Bonchev–Trinajstić information content (AvgIpc) is 3.83. The zero-order valence-corrected chi connectivity index (χ0v) is 34.7. The highest BCUT2D eigenvalue weighted by atomic mass is 15.0. The normalized spacial score (nSPS) is 12.0. The van der Waals surface area contributed by atoms with E-state index < -0.39 is 0 Å². The summed E-state index contributed by atoms with van der Waals surface area (Å²) in [6, 6.07) is 76.1. The van der Waals surface area contributed by atoms with Gasteiger partial charge in [-0.1, -0.05) is 157 Å². The minimum atomic E-state index is 1.17. The lowest BCUT2D eigenvalue weighted by Gasteiger charge is -2.11. The Kier molecular flexibility index (Phi) is 8.33. The number of aromatic nitrogens is 2. The van der Waals surface area contributed by atoms with Gasteiger partial charge in [0.25, 0.3) is 0 Å². The first-order chi connectivity index (χ1) is 30.5. The van der Waals surface area contributed by atoms with E-state index in [-0.39, 0.29) is 0 Å². The molecule has 0 amide bonds. The summed E-state index contributed by atoms with van der Waals surface area (Å²) >= 11 is 0. The minimum absolute atomic E-state index is 1.17. The molecular weight excluding hydrogens is 749 g/mol. The summed E-state index contributed by atoms with van der Waals surface area (Å²) in [5.74, 6) is 0. The van der Waals surface area contributed by atoms with Crippen LogP contribution in [0.1, 0.15) is 22.3 Å². The summed E-state index contributed by atoms with van der Waals surface area (Å²) in [4.78, 5) is 0. The van der Waals surface area contributed by atoms with Gasteiger partial charge in [0.15, 0.2) is 0 Å². The van der Waals surface area contributed by atoms with Gasteiger partial charge in [-0.15, -0.1) is 0 Å². The summed E-state index contributed by atoms with van der Waals surface area (Å²) in [5, 5.41) is 9.95. The van der Waals surface area contributed by atoms with Gasteiger partial charge in [-0.2, -0.15) is 0 Å². The van der Waals surface area contributed by atoms with Crippen LogP contribution >= 0.6 is 0 Å². The number of benzene rings is 10. The first-order valence-corrected chi connectivity index (χ1v) is 21.5. The van der Waals surface area contributed by atoms with Crippen LogP contribution in [0.25, 0.3) is 111 Å². The van der Waals surface area contributed by atoms with Crippen LogP contribution in [0.3, 0.4) is 0 Å². The third-order valence-electron chi connectivity index (χ3n) is 12.8. The van der Waals surface area contributed by atoms with Gasteiger partial charge in [0, 0.05) is 32.9 Å². The maximum atomic E-state index is 2.41. The second-order valence-corrected chi connectivity index (χ2v) is 16.8. The van der Waals surface area contributed by atoms with Crippen molar-refractivity contribution in [3.05, 3.63) is 229 Å². The number of aryl methyl sites for hydroxylation is 2. The molecule has 2 heterocycles. The molecule has 12 aromatic rings. The Hall–Kier alpha value is -7.94. The summed E-state index contributed by atoms with van der Waals surface area (Å²) < 4.78 is 4.81. The van der Waals surface area contributed by atoms with Gasteiger partial charge >= 0.3 is 0 Å². The Labute approximate surface area is 360 Å². The van der Waals surface area contributed by atoms with Crippen molar-refractivity contribution in [3.8, 4) is 33.6 Å². The molecule has 0 saturated heterocycles. The maximum Gasteiger partial charge on any atom is 0.0541 e. The third-order valence-corrected chi connectivity index (χ3v) is 12.8. The maximum absolute atomic E-state index is 2.41. The van der Waals surface area contributed by atoms with Crippen molar-refractivity contribution in [2.24, 2.45) is 0 Å². The van der Waals surface area contributed by atoms with Gasteiger partial charge in [-0.25, -0.2) is 0 Å². The molecule has 0 aliphatic heterocycles. The van der Waals surface area contributed by atoms with Crippen LogP contribution in [0.15, 0.2) is 206 Å². The Morgan fingerprint density at radius 1 is 0.290 bits per heavy atom. The molecule has 0 aliphatic carbocycles. The predicted octanol–water partition coefficient (Wildman–Crippen LogP) is 16.3. The Bertz CT molecular complexity index is 3500. The van der Waals surface area contributed by atoms with E-state index in [1.807, 2.05) is 0 Å². The van der Waals surface area contributed by atoms with Gasteiger partial charge in [0.2, 0.25) is 0 Å². The molecule has 0 N–H and O–H groups in total. The van der Waals surface area contributed by atoms with E-state index in [4.69, 9.17) is 0 Å². The second-order valence-electron chi connectivity index (χ2n) is 16.8. The van der Waals surface area contributed by atoms with Crippen molar-refractivity contribution in [1.29, 1.82) is 0 Å². The van der Waals surface area contributed by atoms with Crippen LogP contribution in [-0.2, 0) is 0 Å². The molecule has 12 rings (SSSR count). The molecule has 62 heavy (non-hydrogen) atoms. The Morgan fingerprint density at radius 2 is 0.661 bits per heavy atom. The summed E-state index contributed by atoms with van der Waals surface area (Å²) in [6.45, 7) is 4.27. The predicted molar refractivity (Wildman–Crippen MR) is 266 cm³/mol. The van der Waals surface area contributed by atoms with Gasteiger partial charge in [-0.3, -0.25) is 0 Å². The minimum Gasteiger partial charge on any atom is -0.309 e. The van der Waals surface area contributed by atoms with E-state index in [1.165, 1.54) is 121 Å². The molecular formula is C60H42N2. The van der Waals surface area contributed by atoms with Crippen LogP contribution in [-0.4, -0.2) is 9.13 Å². The number of hydrogen-bond donors (Lipinski definition) is 0. The van der Waals surface area contributed by atoms with Gasteiger partial charge in [-0.05, 0) is 142 Å². The topological polar surface area (TPSA) is 9.86 Å². The van der Waals surface area contributed by atoms with Crippen LogP contribution in [0.5, 0.6) is 0 Å². The lowest BCUT2D eigenvalue weighted by molar-refractivity contribution is 1.19. The first kappa shape index (κ1) is 36.0. The zero-order valence-electron chi connectivity index (χ0n) is 34.7. The zero-order chi connectivity index (χ0) is 41.3. The monoisotopic (exact) mass is 790 g/mol. The van der Waals surface area contributed by atoms with Crippen molar-refractivity contribution in [2.45, 2.75) is 13.8 Å². The molecule has 2 aromatic heterocycles. The Balaban J connectivity index is 0.835. The standard InChI is InChI=1S/C60H42N2/c1-39-11-19-43(20-12-39)49-27-31-59-55(37-49)53-7-3-5-9-57(53)61(59)51-29-25-45-33-41(17-23-47(45)35-51)15-16-42-18-24-48-36-52(30-26-46(48)34-42)62-58-10-6-4-8-54(58)56-38-50(28-32-60(56)62)44-21-13-40(2)14-22-44/h3-38H,1-2H3. The van der Waals surface area contributed by atoms with Crippen LogP contribution in [0, 0.1) is 13.8 Å². The quantitative estimate of drug-likeness (QED) is 0.149. The fourth-order valence-electron chi connectivity index (χ4n) is 9.53. The number of fused-ring (bicyclic) bond motifs is 8. The highest BCUT2D eigenvalue weighted by Crippen LogP contribution is 2.38. The van der Waals surface area contributed by atoms with Gasteiger partial charge in [0.05, 0.1) is 22.1 Å². The highest BCUT2D eigenvalue weighted by molar-refractivity contribution is 6.12. The van der Waals surface area contributed by atoms with E-state index in [0.29, 0.717) is 0 Å². The third kappa shape index (κ3) is 6.11. The van der Waals surface area contributed by atoms with Crippen molar-refractivity contribution in [2.75, 3.05) is 0 Å². The van der Waals surface area contributed by atoms with E-state index >= 15 is 0 Å². The summed E-state index contributed by atoms with van der Waals surface area (Å²) in [6.07, 6.45) is 4.45. The van der Waals surface area contributed by atoms with Crippen LogP contribution in [0.2, 0.25) is 0 Å². The first-order valence-electron chi connectivity index (χ1n) is 21.5. The number of hydrogen-bond acceptors (Lipinski definition) is 0. The molecule has 10 aromatic carbocycles.